The molecule has 2 aromatic rings. The number of aromatic nitrogens is 2. The third-order valence-electron chi connectivity index (χ3n) is 9.39. The van der Waals surface area contributed by atoms with E-state index in [1.165, 1.54) is 0 Å². The average molecular weight is 550 g/mol. The van der Waals surface area contributed by atoms with E-state index in [1.807, 2.05) is 35.2 Å². The van der Waals surface area contributed by atoms with Crippen LogP contribution in [0, 0.1) is 22.7 Å². The quantitative estimate of drug-likeness (QED) is 0.565. The second-order valence-electron chi connectivity index (χ2n) is 12.7. The Kier molecular flexibility index (Phi) is 6.94. The fourth-order valence-electron chi connectivity index (χ4n) is 6.69. The Balaban J connectivity index is 1.17. The lowest BCUT2D eigenvalue weighted by atomic mass is 9.70. The van der Waals surface area contributed by atoms with Crippen LogP contribution in [0.5, 0.6) is 0 Å². The molecule has 1 spiro atoms. The molecule has 214 valence electrons. The summed E-state index contributed by atoms with van der Waals surface area (Å²) >= 11 is 0. The van der Waals surface area contributed by atoms with Gasteiger partial charge in [-0.3, -0.25) is 19.1 Å². The van der Waals surface area contributed by atoms with Crippen molar-refractivity contribution in [3.05, 3.63) is 53.9 Å². The predicted molar refractivity (Wildman–Crippen MR) is 146 cm³/mol. The molecule has 10 heteroatoms. The van der Waals surface area contributed by atoms with Crippen LogP contribution in [0.3, 0.4) is 0 Å². The Labute approximate surface area is 235 Å². The SMILES string of the molecule is CO[C@H]1COCC[C@@H]1NC(=O)[C@@H]1CN(C(=O)c2cnn(Cc3ccccc3)c2)CC12CN(C(=O)[C@H]1CC1(C)C)C2. The second kappa shape index (κ2) is 10.3. The van der Waals surface area contributed by atoms with E-state index in [2.05, 4.69) is 24.3 Å². The normalized spacial score (nSPS) is 28.3. The number of hydrogen-bond acceptors (Lipinski definition) is 6. The summed E-state index contributed by atoms with van der Waals surface area (Å²) < 4.78 is 12.8. The summed E-state index contributed by atoms with van der Waals surface area (Å²) in [7, 11) is 1.63. The van der Waals surface area contributed by atoms with Crippen molar-refractivity contribution in [2.24, 2.45) is 22.7 Å². The molecule has 0 bridgehead atoms. The number of methoxy groups -OCH3 is 1. The van der Waals surface area contributed by atoms with Crippen molar-refractivity contribution >= 4 is 17.7 Å². The lowest BCUT2D eigenvalue weighted by Gasteiger charge is -2.50. The highest BCUT2D eigenvalue weighted by Crippen LogP contribution is 2.54. The standard InChI is InChI=1S/C30H39N5O5/c1-29(2)11-22(29)28(38)34-18-30(19-34)17-33(15-23(30)26(36)32-24-9-10-40-16-25(24)39-3)27(37)21-12-31-35(14-21)13-20-7-5-4-6-8-20/h4-8,12,14,22-25H,9-11,13,15-19H2,1-3H3,(H,32,36)/t22-,23+,24+,25+/m1/s1. The molecule has 10 nitrogen and oxygen atoms in total. The van der Waals surface area contributed by atoms with Crippen molar-refractivity contribution in [3.8, 4) is 0 Å². The van der Waals surface area contributed by atoms with Crippen LogP contribution < -0.4 is 5.32 Å². The molecule has 3 aliphatic heterocycles. The molecule has 40 heavy (non-hydrogen) atoms. The highest BCUT2D eigenvalue weighted by atomic mass is 16.5. The lowest BCUT2D eigenvalue weighted by Crippen LogP contribution is -2.65. The molecule has 4 fully saturated rings. The first-order valence-corrected chi connectivity index (χ1v) is 14.2. The van der Waals surface area contributed by atoms with Crippen LogP contribution in [-0.4, -0.2) is 96.0 Å². The van der Waals surface area contributed by atoms with E-state index in [0.717, 1.165) is 12.0 Å². The van der Waals surface area contributed by atoms with Gasteiger partial charge >= 0.3 is 0 Å². The van der Waals surface area contributed by atoms with Gasteiger partial charge in [0.1, 0.15) is 6.10 Å². The van der Waals surface area contributed by atoms with Crippen molar-refractivity contribution in [1.82, 2.24) is 24.9 Å². The first-order chi connectivity index (χ1) is 19.2. The molecule has 4 heterocycles. The van der Waals surface area contributed by atoms with Crippen molar-refractivity contribution in [1.29, 1.82) is 0 Å². The van der Waals surface area contributed by atoms with Gasteiger partial charge in [0, 0.05) is 57.4 Å². The number of likely N-dealkylation sites (tertiary alicyclic amines) is 2. The molecular formula is C30H39N5O5. The molecule has 3 saturated heterocycles. The van der Waals surface area contributed by atoms with E-state index in [0.29, 0.717) is 57.9 Å². The van der Waals surface area contributed by atoms with E-state index in [4.69, 9.17) is 9.47 Å². The largest absolute Gasteiger partial charge is 0.379 e. The second-order valence-corrected chi connectivity index (χ2v) is 12.7. The number of carbonyl (C=O) groups excluding carboxylic acids is 3. The maximum absolute atomic E-state index is 13.8. The van der Waals surface area contributed by atoms with E-state index >= 15 is 0 Å². The number of amides is 3. The van der Waals surface area contributed by atoms with Crippen LogP contribution in [0.1, 0.15) is 42.6 Å². The molecule has 0 unspecified atom stereocenters. The lowest BCUT2D eigenvalue weighted by molar-refractivity contribution is -0.152. The molecule has 6 rings (SSSR count). The Morgan fingerprint density at radius 2 is 1.82 bits per heavy atom. The van der Waals surface area contributed by atoms with Gasteiger partial charge in [0.05, 0.1) is 36.9 Å². The number of benzene rings is 1. The number of ether oxygens (including phenoxy) is 2. The van der Waals surface area contributed by atoms with Crippen molar-refractivity contribution in [2.45, 2.75) is 45.4 Å². The molecule has 1 aliphatic carbocycles. The fraction of sp³-hybridized carbons (Fsp3) is 0.600. The molecule has 0 radical (unpaired) electrons. The summed E-state index contributed by atoms with van der Waals surface area (Å²) in [5.74, 6) is -0.403. The smallest absolute Gasteiger partial charge is 0.257 e. The predicted octanol–water partition coefficient (Wildman–Crippen LogP) is 1.80. The van der Waals surface area contributed by atoms with Crippen LogP contribution in [-0.2, 0) is 25.6 Å². The van der Waals surface area contributed by atoms with Gasteiger partial charge in [-0.15, -0.1) is 0 Å². The summed E-state index contributed by atoms with van der Waals surface area (Å²) in [6.45, 7) is 7.56. The third-order valence-corrected chi connectivity index (χ3v) is 9.39. The summed E-state index contributed by atoms with van der Waals surface area (Å²) in [4.78, 5) is 44.2. The van der Waals surface area contributed by atoms with Gasteiger partial charge in [0.2, 0.25) is 11.8 Å². The Morgan fingerprint density at radius 1 is 1.10 bits per heavy atom. The molecule has 1 N–H and O–H groups in total. The zero-order valence-corrected chi connectivity index (χ0v) is 23.5. The molecule has 1 aromatic heterocycles. The van der Waals surface area contributed by atoms with Gasteiger partial charge in [-0.1, -0.05) is 44.2 Å². The molecule has 1 aromatic carbocycles. The molecule has 1 saturated carbocycles. The molecule has 3 amide bonds. The highest BCUT2D eigenvalue weighted by Gasteiger charge is 2.62. The Hall–Kier alpha value is -3.24. The summed E-state index contributed by atoms with van der Waals surface area (Å²) in [6, 6.07) is 9.83. The monoisotopic (exact) mass is 549 g/mol. The van der Waals surface area contributed by atoms with E-state index in [9.17, 15) is 14.4 Å². The van der Waals surface area contributed by atoms with Crippen LogP contribution in [0.4, 0.5) is 0 Å². The first-order valence-electron chi connectivity index (χ1n) is 14.2. The van der Waals surface area contributed by atoms with Crippen molar-refractivity contribution in [2.75, 3.05) is 46.5 Å². The molecular weight excluding hydrogens is 510 g/mol. The molecule has 4 atom stereocenters. The summed E-state index contributed by atoms with van der Waals surface area (Å²) in [6.07, 6.45) is 4.74. The topological polar surface area (TPSA) is 106 Å². The number of nitrogens with one attached hydrogen (secondary N) is 1. The van der Waals surface area contributed by atoms with Crippen LogP contribution in [0.2, 0.25) is 0 Å². The Bertz CT molecular complexity index is 1270. The van der Waals surface area contributed by atoms with Crippen molar-refractivity contribution in [3.63, 3.8) is 0 Å². The highest BCUT2D eigenvalue weighted by molar-refractivity contribution is 5.95. The van der Waals surface area contributed by atoms with Gasteiger partial charge in [-0.2, -0.15) is 5.10 Å². The zero-order valence-electron chi connectivity index (χ0n) is 23.5. The zero-order chi connectivity index (χ0) is 28.1. The summed E-state index contributed by atoms with van der Waals surface area (Å²) in [5, 5.41) is 7.62. The van der Waals surface area contributed by atoms with Gasteiger partial charge in [0.15, 0.2) is 0 Å². The van der Waals surface area contributed by atoms with Crippen LogP contribution >= 0.6 is 0 Å². The molecule has 4 aliphatic rings. The number of nitrogens with zero attached hydrogens (tertiary/aromatic N) is 4. The van der Waals surface area contributed by atoms with Gasteiger partial charge < -0.3 is 24.6 Å². The van der Waals surface area contributed by atoms with Crippen LogP contribution in [0.25, 0.3) is 0 Å². The van der Waals surface area contributed by atoms with E-state index < -0.39 is 11.3 Å². The third kappa shape index (κ3) is 5.03. The van der Waals surface area contributed by atoms with Gasteiger partial charge in [-0.05, 0) is 23.8 Å². The van der Waals surface area contributed by atoms with Gasteiger partial charge in [0.25, 0.3) is 5.91 Å². The number of carbonyl (C=O) groups is 3. The number of hydrogen-bond donors (Lipinski definition) is 1. The maximum Gasteiger partial charge on any atom is 0.257 e. The van der Waals surface area contributed by atoms with Crippen molar-refractivity contribution < 1.29 is 23.9 Å². The minimum Gasteiger partial charge on any atom is -0.379 e. The minimum atomic E-state index is -0.456. The number of rotatable bonds is 7. The van der Waals surface area contributed by atoms with Crippen LogP contribution in [0.15, 0.2) is 42.7 Å². The van der Waals surface area contributed by atoms with Gasteiger partial charge in [-0.25, -0.2) is 0 Å². The average Bonchev–Trinajstić information content (AvgIpc) is 3.26. The maximum atomic E-state index is 13.8. The first kappa shape index (κ1) is 27.0. The Morgan fingerprint density at radius 3 is 2.52 bits per heavy atom. The summed E-state index contributed by atoms with van der Waals surface area (Å²) in [5.41, 5.74) is 1.19. The minimum absolute atomic E-state index is 0.0480. The van der Waals surface area contributed by atoms with E-state index in [-0.39, 0.29) is 41.2 Å². The van der Waals surface area contributed by atoms with E-state index in [1.54, 1.807) is 29.1 Å². The fourth-order valence-corrected chi connectivity index (χ4v) is 6.69.